The molecule has 2 saturated heterocycles. The van der Waals surface area contributed by atoms with E-state index in [2.05, 4.69) is 36.1 Å². The zero-order chi connectivity index (χ0) is 24.9. The summed E-state index contributed by atoms with van der Waals surface area (Å²) in [6.45, 7) is 6.52. The zero-order valence-electron chi connectivity index (χ0n) is 21.1. The van der Waals surface area contributed by atoms with E-state index in [9.17, 15) is 9.59 Å². The molecule has 0 aromatic heterocycles. The van der Waals surface area contributed by atoms with Gasteiger partial charge in [0, 0.05) is 57.8 Å². The molecule has 0 aliphatic carbocycles. The van der Waals surface area contributed by atoms with Crippen LogP contribution in [0.3, 0.4) is 0 Å². The number of rotatable bonds is 7. The van der Waals surface area contributed by atoms with Crippen LogP contribution in [0.15, 0.2) is 36.4 Å². The monoisotopic (exact) mass is 481 g/mol. The number of methoxy groups -OCH3 is 3. The topological polar surface area (TPSA) is 71.6 Å². The molecule has 2 amide bonds. The van der Waals surface area contributed by atoms with E-state index in [1.54, 1.807) is 38.4 Å². The molecule has 188 valence electrons. The fourth-order valence-corrected chi connectivity index (χ4v) is 4.90. The summed E-state index contributed by atoms with van der Waals surface area (Å²) in [6.07, 6.45) is 1.13. The molecule has 0 saturated carbocycles. The first-order valence-electron chi connectivity index (χ1n) is 12.1. The predicted molar refractivity (Wildman–Crippen MR) is 134 cm³/mol. The summed E-state index contributed by atoms with van der Waals surface area (Å²) >= 11 is 0. The van der Waals surface area contributed by atoms with Gasteiger partial charge in [0.25, 0.3) is 0 Å². The quantitative estimate of drug-likeness (QED) is 0.605. The molecule has 2 aliphatic rings. The zero-order valence-corrected chi connectivity index (χ0v) is 21.1. The van der Waals surface area contributed by atoms with Gasteiger partial charge in [0.05, 0.1) is 32.9 Å². The van der Waals surface area contributed by atoms with E-state index in [0.29, 0.717) is 36.0 Å². The predicted octanol–water partition coefficient (Wildman–Crippen LogP) is 3.11. The minimum atomic E-state index is -0.356. The van der Waals surface area contributed by atoms with Crippen molar-refractivity contribution in [3.05, 3.63) is 47.5 Å². The van der Waals surface area contributed by atoms with Crippen LogP contribution in [0.25, 0.3) is 0 Å². The van der Waals surface area contributed by atoms with Crippen LogP contribution >= 0.6 is 0 Å². The fourth-order valence-electron chi connectivity index (χ4n) is 4.90. The van der Waals surface area contributed by atoms with Crippen molar-refractivity contribution in [3.63, 3.8) is 0 Å². The molecule has 0 N–H and O–H groups in total. The van der Waals surface area contributed by atoms with Crippen molar-refractivity contribution in [2.45, 2.75) is 26.3 Å². The number of ether oxygens (including phenoxy) is 3. The van der Waals surface area contributed by atoms with Crippen molar-refractivity contribution in [2.75, 3.05) is 59.0 Å². The van der Waals surface area contributed by atoms with Gasteiger partial charge in [-0.2, -0.15) is 0 Å². The third-order valence-corrected chi connectivity index (χ3v) is 6.86. The number of carbonyl (C=O) groups is 2. The average Bonchev–Trinajstić information content (AvgIpc) is 3.11. The van der Waals surface area contributed by atoms with Gasteiger partial charge in [-0.25, -0.2) is 0 Å². The Morgan fingerprint density at radius 2 is 1.63 bits per heavy atom. The van der Waals surface area contributed by atoms with Crippen molar-refractivity contribution in [3.8, 4) is 17.2 Å². The highest BCUT2D eigenvalue weighted by Crippen LogP contribution is 2.42. The SMILES string of the molecule is COc1cc(N2CC(C(=O)N3CCCN(Cc4ccc(C)cc4)CC3)CC2=O)cc(OC)c1OC. The smallest absolute Gasteiger partial charge is 0.228 e. The van der Waals surface area contributed by atoms with Gasteiger partial charge in [-0.05, 0) is 18.9 Å². The summed E-state index contributed by atoms with van der Waals surface area (Å²) in [6, 6.07) is 12.1. The lowest BCUT2D eigenvalue weighted by molar-refractivity contribution is -0.135. The number of carbonyl (C=O) groups excluding carboxylic acids is 2. The molecule has 2 aliphatic heterocycles. The van der Waals surface area contributed by atoms with Crippen molar-refractivity contribution in [1.29, 1.82) is 0 Å². The number of amides is 2. The summed E-state index contributed by atoms with van der Waals surface area (Å²) in [5, 5.41) is 0. The molecule has 0 radical (unpaired) electrons. The van der Waals surface area contributed by atoms with Crippen LogP contribution in [-0.2, 0) is 16.1 Å². The van der Waals surface area contributed by atoms with E-state index in [-0.39, 0.29) is 24.2 Å². The Kier molecular flexibility index (Phi) is 7.80. The Balaban J connectivity index is 1.40. The van der Waals surface area contributed by atoms with E-state index >= 15 is 0 Å². The second-order valence-electron chi connectivity index (χ2n) is 9.23. The third kappa shape index (κ3) is 5.53. The Labute approximate surface area is 207 Å². The molecule has 2 fully saturated rings. The molecule has 35 heavy (non-hydrogen) atoms. The van der Waals surface area contributed by atoms with Gasteiger partial charge in [-0.1, -0.05) is 29.8 Å². The minimum Gasteiger partial charge on any atom is -0.493 e. The van der Waals surface area contributed by atoms with Crippen molar-refractivity contribution in [1.82, 2.24) is 9.80 Å². The lowest BCUT2D eigenvalue weighted by atomic mass is 10.1. The van der Waals surface area contributed by atoms with Gasteiger partial charge in [-0.15, -0.1) is 0 Å². The molecular weight excluding hydrogens is 446 g/mol. The maximum absolute atomic E-state index is 13.4. The Morgan fingerprint density at radius 3 is 2.26 bits per heavy atom. The molecular formula is C27H35N3O5. The summed E-state index contributed by atoms with van der Waals surface area (Å²) in [7, 11) is 4.63. The molecule has 8 heteroatoms. The van der Waals surface area contributed by atoms with Gasteiger partial charge in [0.15, 0.2) is 11.5 Å². The summed E-state index contributed by atoms with van der Waals surface area (Å²) < 4.78 is 16.3. The Hall–Kier alpha value is -3.26. The number of hydrogen-bond donors (Lipinski definition) is 0. The number of hydrogen-bond acceptors (Lipinski definition) is 6. The first-order valence-corrected chi connectivity index (χ1v) is 12.1. The van der Waals surface area contributed by atoms with Crippen LogP contribution in [0.5, 0.6) is 17.2 Å². The number of nitrogens with zero attached hydrogens (tertiary/aromatic N) is 3. The van der Waals surface area contributed by atoms with Crippen LogP contribution in [-0.4, -0.2) is 75.7 Å². The van der Waals surface area contributed by atoms with Crippen molar-refractivity contribution >= 4 is 17.5 Å². The van der Waals surface area contributed by atoms with E-state index in [1.807, 2.05) is 4.90 Å². The lowest BCUT2D eigenvalue weighted by Gasteiger charge is -2.25. The molecule has 8 nitrogen and oxygen atoms in total. The third-order valence-electron chi connectivity index (χ3n) is 6.86. The van der Waals surface area contributed by atoms with Gasteiger partial charge in [0.1, 0.15) is 0 Å². The molecule has 1 atom stereocenters. The molecule has 0 spiro atoms. The maximum atomic E-state index is 13.4. The highest BCUT2D eigenvalue weighted by molar-refractivity contribution is 6.00. The van der Waals surface area contributed by atoms with Crippen LogP contribution in [0, 0.1) is 12.8 Å². The largest absolute Gasteiger partial charge is 0.493 e. The first-order chi connectivity index (χ1) is 16.9. The maximum Gasteiger partial charge on any atom is 0.228 e. The Bertz CT molecular complexity index is 1030. The number of anilines is 1. The second-order valence-corrected chi connectivity index (χ2v) is 9.23. The fraction of sp³-hybridized carbons (Fsp3) is 0.481. The number of benzene rings is 2. The molecule has 1 unspecified atom stereocenters. The van der Waals surface area contributed by atoms with Gasteiger partial charge >= 0.3 is 0 Å². The lowest BCUT2D eigenvalue weighted by Crippen LogP contribution is -2.39. The highest BCUT2D eigenvalue weighted by Gasteiger charge is 2.38. The van der Waals surface area contributed by atoms with Crippen molar-refractivity contribution < 1.29 is 23.8 Å². The van der Waals surface area contributed by atoms with E-state index in [4.69, 9.17) is 14.2 Å². The minimum absolute atomic E-state index is 0.0606. The molecule has 4 rings (SSSR count). The van der Waals surface area contributed by atoms with Crippen LogP contribution in [0.1, 0.15) is 24.0 Å². The van der Waals surface area contributed by atoms with Gasteiger partial charge in [-0.3, -0.25) is 14.5 Å². The Morgan fingerprint density at radius 1 is 0.943 bits per heavy atom. The van der Waals surface area contributed by atoms with Crippen molar-refractivity contribution in [2.24, 2.45) is 5.92 Å². The van der Waals surface area contributed by atoms with Crippen LogP contribution in [0.2, 0.25) is 0 Å². The van der Waals surface area contributed by atoms with E-state index in [0.717, 1.165) is 32.6 Å². The summed E-state index contributed by atoms with van der Waals surface area (Å²) in [5.41, 5.74) is 3.19. The van der Waals surface area contributed by atoms with Crippen LogP contribution in [0.4, 0.5) is 5.69 Å². The standard InChI is InChI=1S/C27H35N3O5/c1-19-6-8-20(9-7-19)17-28-10-5-11-29(13-12-28)27(32)21-14-25(31)30(18-21)22-15-23(33-2)26(35-4)24(16-22)34-3/h6-9,15-16,21H,5,10-14,17-18H2,1-4H3. The first kappa shape index (κ1) is 24.9. The van der Waals surface area contributed by atoms with Gasteiger partial charge in [0.2, 0.25) is 17.6 Å². The summed E-state index contributed by atoms with van der Waals surface area (Å²) in [4.78, 5) is 32.3. The summed E-state index contributed by atoms with van der Waals surface area (Å²) in [5.74, 6) is 1.05. The number of aryl methyl sites for hydroxylation is 1. The normalized spacial score (nSPS) is 19.0. The highest BCUT2D eigenvalue weighted by atomic mass is 16.5. The average molecular weight is 482 g/mol. The van der Waals surface area contributed by atoms with Gasteiger partial charge < -0.3 is 24.0 Å². The molecule has 2 heterocycles. The van der Waals surface area contributed by atoms with E-state index < -0.39 is 0 Å². The molecule has 0 bridgehead atoms. The van der Waals surface area contributed by atoms with Crippen LogP contribution < -0.4 is 19.1 Å². The molecule has 2 aromatic rings. The van der Waals surface area contributed by atoms with E-state index in [1.165, 1.54) is 11.1 Å². The second kappa shape index (κ2) is 11.0. The molecule has 2 aromatic carbocycles.